The van der Waals surface area contributed by atoms with E-state index in [9.17, 15) is 18.4 Å². The molecule has 0 aliphatic carbocycles. The largest absolute Gasteiger partial charge is 0.497 e. The first-order valence-corrected chi connectivity index (χ1v) is 9.19. The summed E-state index contributed by atoms with van der Waals surface area (Å²) in [4.78, 5) is 25.6. The van der Waals surface area contributed by atoms with E-state index in [0.29, 0.717) is 22.4 Å². The zero-order valence-corrected chi connectivity index (χ0v) is 16.2. The Bertz CT molecular complexity index is 1300. The summed E-state index contributed by atoms with van der Waals surface area (Å²) < 4.78 is 37.6. The molecule has 0 atom stereocenters. The van der Waals surface area contributed by atoms with Crippen LogP contribution in [0.15, 0.2) is 71.1 Å². The van der Waals surface area contributed by atoms with Crippen molar-refractivity contribution in [3.63, 3.8) is 0 Å². The Balaban J connectivity index is 1.69. The molecule has 1 heterocycles. The van der Waals surface area contributed by atoms with Gasteiger partial charge in [0.05, 0.1) is 7.11 Å². The van der Waals surface area contributed by atoms with Crippen molar-refractivity contribution in [2.24, 2.45) is 0 Å². The summed E-state index contributed by atoms with van der Waals surface area (Å²) in [5.41, 5.74) is 0.843. The number of benzene rings is 3. The highest BCUT2D eigenvalue weighted by molar-refractivity contribution is 6.16. The number of para-hydroxylation sites is 1. The molecular formula is C23H16F2N2O4. The number of halogens is 2. The second-order valence-electron chi connectivity index (χ2n) is 6.57. The van der Waals surface area contributed by atoms with Crippen molar-refractivity contribution in [1.29, 1.82) is 0 Å². The molecule has 156 valence electrons. The molecule has 0 aliphatic heterocycles. The molecule has 2 N–H and O–H groups in total. The third-order valence-electron chi connectivity index (χ3n) is 4.55. The average molecular weight is 422 g/mol. The predicted octanol–water partition coefficient (Wildman–Crippen LogP) is 5.22. The van der Waals surface area contributed by atoms with Gasteiger partial charge in [-0.25, -0.2) is 8.78 Å². The molecule has 0 fully saturated rings. The zero-order chi connectivity index (χ0) is 22.0. The molecule has 0 unspecified atom stereocenters. The molecule has 1 aromatic heterocycles. The van der Waals surface area contributed by atoms with E-state index in [0.717, 1.165) is 18.2 Å². The third kappa shape index (κ3) is 4.09. The van der Waals surface area contributed by atoms with Gasteiger partial charge < -0.3 is 19.8 Å². The van der Waals surface area contributed by atoms with Crippen LogP contribution < -0.4 is 15.4 Å². The van der Waals surface area contributed by atoms with Gasteiger partial charge >= 0.3 is 0 Å². The average Bonchev–Trinajstić information content (AvgIpc) is 3.14. The van der Waals surface area contributed by atoms with E-state index in [4.69, 9.17) is 9.15 Å². The van der Waals surface area contributed by atoms with E-state index in [-0.39, 0.29) is 17.0 Å². The molecule has 0 bridgehead atoms. The Morgan fingerprint density at radius 1 is 0.871 bits per heavy atom. The minimum atomic E-state index is -1.15. The molecule has 0 saturated heterocycles. The monoisotopic (exact) mass is 422 g/mol. The van der Waals surface area contributed by atoms with Gasteiger partial charge in [0.25, 0.3) is 11.8 Å². The number of methoxy groups -OCH3 is 1. The molecule has 0 spiro atoms. The molecule has 4 aromatic rings. The molecule has 0 saturated carbocycles. The highest BCUT2D eigenvalue weighted by Crippen LogP contribution is 2.32. The summed E-state index contributed by atoms with van der Waals surface area (Å²) in [5, 5.41) is 5.75. The summed E-state index contributed by atoms with van der Waals surface area (Å²) in [6.07, 6.45) is 0. The maximum Gasteiger partial charge on any atom is 0.293 e. The first kappa shape index (κ1) is 20.1. The summed E-state index contributed by atoms with van der Waals surface area (Å²) in [6, 6.07) is 16.3. The summed E-state index contributed by atoms with van der Waals surface area (Å²) in [5.74, 6) is -3.13. The fraction of sp³-hybridized carbons (Fsp3) is 0.0435. The highest BCUT2D eigenvalue weighted by atomic mass is 19.2. The standard InChI is InChI=1S/C23H16F2N2O4/c1-30-15-6-4-5-14(12-15)26-23(29)21-20(16-7-2-3-8-19(16)31-21)27-22(28)13-9-10-17(24)18(25)11-13/h2-12H,1H3,(H,26,29)(H,27,28). The number of furan rings is 1. The summed E-state index contributed by atoms with van der Waals surface area (Å²) in [6.45, 7) is 0. The molecule has 31 heavy (non-hydrogen) atoms. The van der Waals surface area contributed by atoms with Crippen LogP contribution in [0.3, 0.4) is 0 Å². The van der Waals surface area contributed by atoms with Crippen LogP contribution in [0, 0.1) is 11.6 Å². The fourth-order valence-corrected chi connectivity index (χ4v) is 3.04. The van der Waals surface area contributed by atoms with Gasteiger partial charge in [-0.1, -0.05) is 18.2 Å². The van der Waals surface area contributed by atoms with Crippen molar-refractivity contribution < 1.29 is 27.5 Å². The Kier molecular flexibility index (Phi) is 5.36. The maximum atomic E-state index is 13.5. The van der Waals surface area contributed by atoms with Crippen LogP contribution in [0.2, 0.25) is 0 Å². The lowest BCUT2D eigenvalue weighted by Crippen LogP contribution is -2.17. The highest BCUT2D eigenvalue weighted by Gasteiger charge is 2.23. The van der Waals surface area contributed by atoms with Crippen LogP contribution in [-0.2, 0) is 0 Å². The Hall–Kier alpha value is -4.20. The fourth-order valence-electron chi connectivity index (χ4n) is 3.04. The number of ether oxygens (including phenoxy) is 1. The van der Waals surface area contributed by atoms with Gasteiger partial charge in [0.15, 0.2) is 11.6 Å². The number of fused-ring (bicyclic) bond motifs is 1. The van der Waals surface area contributed by atoms with E-state index >= 15 is 0 Å². The van der Waals surface area contributed by atoms with Crippen LogP contribution in [0.4, 0.5) is 20.2 Å². The molecule has 3 aromatic carbocycles. The van der Waals surface area contributed by atoms with Gasteiger partial charge in [0.2, 0.25) is 5.76 Å². The third-order valence-corrected chi connectivity index (χ3v) is 4.55. The van der Waals surface area contributed by atoms with Crippen molar-refractivity contribution in [1.82, 2.24) is 0 Å². The molecule has 8 heteroatoms. The summed E-state index contributed by atoms with van der Waals surface area (Å²) in [7, 11) is 1.51. The van der Waals surface area contributed by atoms with Crippen molar-refractivity contribution in [3.05, 3.63) is 89.7 Å². The quantitative estimate of drug-likeness (QED) is 0.462. The van der Waals surface area contributed by atoms with E-state index in [2.05, 4.69) is 10.6 Å². The second kappa shape index (κ2) is 8.27. The number of anilines is 2. The lowest BCUT2D eigenvalue weighted by molar-refractivity contribution is 0.0999. The van der Waals surface area contributed by atoms with Gasteiger partial charge in [-0.2, -0.15) is 0 Å². The number of hydrogen-bond donors (Lipinski definition) is 2. The Morgan fingerprint density at radius 3 is 2.45 bits per heavy atom. The summed E-state index contributed by atoms with van der Waals surface area (Å²) >= 11 is 0. The molecule has 6 nitrogen and oxygen atoms in total. The van der Waals surface area contributed by atoms with Crippen LogP contribution in [-0.4, -0.2) is 18.9 Å². The van der Waals surface area contributed by atoms with Crippen molar-refractivity contribution in [3.8, 4) is 5.75 Å². The number of amides is 2. The molecular weight excluding hydrogens is 406 g/mol. The second-order valence-corrected chi connectivity index (χ2v) is 6.57. The number of hydrogen-bond acceptors (Lipinski definition) is 4. The van der Waals surface area contributed by atoms with Gasteiger partial charge in [0, 0.05) is 22.7 Å². The number of nitrogens with one attached hydrogen (secondary N) is 2. The number of carbonyl (C=O) groups is 2. The van der Waals surface area contributed by atoms with E-state index in [1.807, 2.05) is 0 Å². The van der Waals surface area contributed by atoms with Crippen molar-refractivity contribution in [2.75, 3.05) is 17.7 Å². The lowest BCUT2D eigenvalue weighted by atomic mass is 10.1. The minimum absolute atomic E-state index is 0.108. The smallest absolute Gasteiger partial charge is 0.293 e. The van der Waals surface area contributed by atoms with E-state index in [1.54, 1.807) is 48.5 Å². The number of carbonyl (C=O) groups excluding carboxylic acids is 2. The van der Waals surface area contributed by atoms with E-state index in [1.165, 1.54) is 7.11 Å². The molecule has 4 rings (SSSR count). The maximum absolute atomic E-state index is 13.5. The van der Waals surface area contributed by atoms with Crippen LogP contribution >= 0.6 is 0 Å². The van der Waals surface area contributed by atoms with Crippen molar-refractivity contribution in [2.45, 2.75) is 0 Å². The van der Waals surface area contributed by atoms with Crippen LogP contribution in [0.5, 0.6) is 5.75 Å². The van der Waals surface area contributed by atoms with E-state index < -0.39 is 23.4 Å². The predicted molar refractivity (Wildman–Crippen MR) is 111 cm³/mol. The molecule has 0 aliphatic rings. The van der Waals surface area contributed by atoms with Gasteiger partial charge in [-0.05, 0) is 42.5 Å². The molecule has 2 amide bonds. The van der Waals surface area contributed by atoms with Gasteiger partial charge in [-0.15, -0.1) is 0 Å². The SMILES string of the molecule is COc1cccc(NC(=O)c2oc3ccccc3c2NC(=O)c2ccc(F)c(F)c2)c1. The first-order valence-electron chi connectivity index (χ1n) is 9.19. The van der Waals surface area contributed by atoms with Crippen molar-refractivity contribution >= 4 is 34.2 Å². The normalized spacial score (nSPS) is 10.7. The Labute approximate surface area is 175 Å². The minimum Gasteiger partial charge on any atom is -0.497 e. The lowest BCUT2D eigenvalue weighted by Gasteiger charge is -2.08. The van der Waals surface area contributed by atoms with Crippen LogP contribution in [0.1, 0.15) is 20.9 Å². The topological polar surface area (TPSA) is 80.6 Å². The zero-order valence-electron chi connectivity index (χ0n) is 16.2. The van der Waals surface area contributed by atoms with Gasteiger partial charge in [-0.3, -0.25) is 9.59 Å². The van der Waals surface area contributed by atoms with Gasteiger partial charge in [0.1, 0.15) is 17.0 Å². The van der Waals surface area contributed by atoms with Crippen LogP contribution in [0.25, 0.3) is 11.0 Å². The Morgan fingerprint density at radius 2 is 1.68 bits per heavy atom. The number of rotatable bonds is 5. The first-order chi connectivity index (χ1) is 15.0. The molecule has 0 radical (unpaired) electrons.